The molecule has 0 saturated heterocycles. The predicted molar refractivity (Wildman–Crippen MR) is 89.4 cm³/mol. The van der Waals surface area contributed by atoms with Crippen LogP contribution in [0.4, 0.5) is 22.0 Å². The van der Waals surface area contributed by atoms with Gasteiger partial charge in [-0.2, -0.15) is 22.0 Å². The van der Waals surface area contributed by atoms with Gasteiger partial charge in [-0.15, -0.1) is 0 Å². The first-order chi connectivity index (χ1) is 12.5. The van der Waals surface area contributed by atoms with E-state index in [2.05, 4.69) is 0 Å². The summed E-state index contributed by atoms with van der Waals surface area (Å²) in [5, 5.41) is 8.55. The molecule has 1 aromatic rings. The van der Waals surface area contributed by atoms with Gasteiger partial charge in [0.15, 0.2) is 0 Å². The maximum Gasteiger partial charge on any atom is 0.400 e. The van der Waals surface area contributed by atoms with E-state index in [1.165, 1.54) is 30.3 Å². The fourth-order valence-electron chi connectivity index (χ4n) is 3.21. The molecule has 0 atom stereocenters. The Balaban J connectivity index is 1.87. The first kappa shape index (κ1) is 21.2. The summed E-state index contributed by atoms with van der Waals surface area (Å²) in [4.78, 5) is 10.4. The molecule has 0 amide bonds. The van der Waals surface area contributed by atoms with E-state index >= 15 is 0 Å². The van der Waals surface area contributed by atoms with Gasteiger partial charge in [-0.25, -0.2) is 4.79 Å². The molecule has 1 fully saturated rings. The first-order valence-electron chi connectivity index (χ1n) is 8.70. The number of rotatable bonds is 7. The SMILES string of the molecule is O=C(O)C=Cc1ccc(OC(F)(F)C2CCC(CCC(F)(F)F)CC2)cc1. The Hall–Kier alpha value is -2.12. The van der Waals surface area contributed by atoms with E-state index in [0.717, 1.165) is 6.08 Å². The van der Waals surface area contributed by atoms with Gasteiger partial charge in [0.2, 0.25) is 0 Å². The summed E-state index contributed by atoms with van der Waals surface area (Å²) >= 11 is 0. The number of alkyl halides is 5. The largest absolute Gasteiger partial charge is 0.478 e. The normalized spacial score (nSPS) is 21.4. The number of hydrogen-bond donors (Lipinski definition) is 1. The van der Waals surface area contributed by atoms with E-state index in [9.17, 15) is 26.7 Å². The van der Waals surface area contributed by atoms with Crippen LogP contribution in [0.2, 0.25) is 0 Å². The molecule has 0 heterocycles. The number of carboxylic acids is 1. The minimum Gasteiger partial charge on any atom is -0.478 e. The van der Waals surface area contributed by atoms with Crippen molar-refractivity contribution in [3.05, 3.63) is 35.9 Å². The van der Waals surface area contributed by atoms with Crippen molar-refractivity contribution in [3.63, 3.8) is 0 Å². The standard InChI is InChI=1S/C19H21F5O3/c20-18(21,22)12-11-14-1-6-15(7-2-14)19(23,24)27-16-8-3-13(4-9-16)5-10-17(25)26/h3-5,8-10,14-15H,1-2,6-7,11-12H2,(H,25,26). The number of carbonyl (C=O) groups is 1. The van der Waals surface area contributed by atoms with Crippen LogP contribution < -0.4 is 4.74 Å². The van der Waals surface area contributed by atoms with Gasteiger partial charge in [-0.3, -0.25) is 0 Å². The molecule has 1 aromatic carbocycles. The van der Waals surface area contributed by atoms with Crippen molar-refractivity contribution < 1.29 is 36.6 Å². The number of carboxylic acid groups (broad SMARTS) is 1. The molecule has 1 aliphatic rings. The van der Waals surface area contributed by atoms with Crippen LogP contribution in [0.5, 0.6) is 5.75 Å². The summed E-state index contributed by atoms with van der Waals surface area (Å²) < 4.78 is 70.3. The highest BCUT2D eigenvalue weighted by Gasteiger charge is 2.44. The van der Waals surface area contributed by atoms with E-state index in [-0.39, 0.29) is 30.9 Å². The van der Waals surface area contributed by atoms with Crippen molar-refractivity contribution in [2.75, 3.05) is 0 Å². The molecule has 0 aromatic heterocycles. The zero-order valence-corrected chi connectivity index (χ0v) is 14.5. The third-order valence-corrected chi connectivity index (χ3v) is 4.71. The molecule has 1 aliphatic carbocycles. The van der Waals surface area contributed by atoms with Gasteiger partial charge in [0.05, 0.1) is 5.92 Å². The summed E-state index contributed by atoms with van der Waals surface area (Å²) in [6.45, 7) is 0. The number of hydrogen-bond acceptors (Lipinski definition) is 2. The second-order valence-electron chi connectivity index (χ2n) is 6.78. The molecule has 150 valence electrons. The molecule has 0 unspecified atom stereocenters. The minimum atomic E-state index is -4.21. The Labute approximate surface area is 153 Å². The molecule has 0 bridgehead atoms. The Bertz CT molecular complexity index is 644. The fraction of sp³-hybridized carbons (Fsp3) is 0.526. The van der Waals surface area contributed by atoms with Crippen LogP contribution in [0.3, 0.4) is 0 Å². The van der Waals surface area contributed by atoms with Gasteiger partial charge in [0, 0.05) is 12.5 Å². The molecule has 1 saturated carbocycles. The lowest BCUT2D eigenvalue weighted by atomic mass is 9.79. The smallest absolute Gasteiger partial charge is 0.400 e. The van der Waals surface area contributed by atoms with Gasteiger partial charge >= 0.3 is 18.3 Å². The molecule has 0 radical (unpaired) electrons. The molecule has 0 aliphatic heterocycles. The Kier molecular flexibility index (Phi) is 6.84. The van der Waals surface area contributed by atoms with E-state index in [0.29, 0.717) is 18.4 Å². The van der Waals surface area contributed by atoms with Crippen LogP contribution in [0, 0.1) is 11.8 Å². The summed E-state index contributed by atoms with van der Waals surface area (Å²) in [5.41, 5.74) is 0.526. The van der Waals surface area contributed by atoms with Crippen molar-refractivity contribution >= 4 is 12.0 Å². The monoisotopic (exact) mass is 392 g/mol. The number of halogens is 5. The number of ether oxygens (including phenoxy) is 1. The lowest BCUT2D eigenvalue weighted by Crippen LogP contribution is -2.37. The summed E-state index contributed by atoms with van der Waals surface area (Å²) in [5.74, 6) is -2.38. The topological polar surface area (TPSA) is 46.5 Å². The Morgan fingerprint density at radius 3 is 2.19 bits per heavy atom. The zero-order chi connectivity index (χ0) is 20.1. The highest BCUT2D eigenvalue weighted by molar-refractivity contribution is 5.85. The van der Waals surface area contributed by atoms with Gasteiger partial charge in [-0.05, 0) is 61.8 Å². The van der Waals surface area contributed by atoms with Crippen LogP contribution in [-0.4, -0.2) is 23.4 Å². The van der Waals surface area contributed by atoms with Crippen LogP contribution in [0.25, 0.3) is 6.08 Å². The van der Waals surface area contributed by atoms with Crippen molar-refractivity contribution in [2.24, 2.45) is 11.8 Å². The number of aliphatic carboxylic acids is 1. The van der Waals surface area contributed by atoms with Crippen molar-refractivity contribution in [2.45, 2.75) is 50.8 Å². The Morgan fingerprint density at radius 2 is 1.67 bits per heavy atom. The second kappa shape index (κ2) is 8.71. The highest BCUT2D eigenvalue weighted by atomic mass is 19.4. The minimum absolute atomic E-state index is 0.0199. The average Bonchev–Trinajstić information content (AvgIpc) is 2.59. The van der Waals surface area contributed by atoms with Gasteiger partial charge < -0.3 is 9.84 Å². The molecular formula is C19H21F5O3. The van der Waals surface area contributed by atoms with Gasteiger partial charge in [0.25, 0.3) is 0 Å². The van der Waals surface area contributed by atoms with Crippen LogP contribution >= 0.6 is 0 Å². The zero-order valence-electron chi connectivity index (χ0n) is 14.5. The quantitative estimate of drug-likeness (QED) is 0.464. The molecule has 27 heavy (non-hydrogen) atoms. The molecule has 0 spiro atoms. The molecule has 1 N–H and O–H groups in total. The Morgan fingerprint density at radius 1 is 1.07 bits per heavy atom. The fourth-order valence-corrected chi connectivity index (χ4v) is 3.21. The van der Waals surface area contributed by atoms with Crippen LogP contribution in [0.1, 0.15) is 44.1 Å². The lowest BCUT2D eigenvalue weighted by molar-refractivity contribution is -0.224. The van der Waals surface area contributed by atoms with E-state index < -0.39 is 30.6 Å². The maximum atomic E-state index is 14.4. The van der Waals surface area contributed by atoms with Gasteiger partial charge in [-0.1, -0.05) is 12.1 Å². The summed E-state index contributed by atoms with van der Waals surface area (Å²) in [6.07, 6.45) is -5.36. The highest BCUT2D eigenvalue weighted by Crippen LogP contribution is 2.42. The lowest BCUT2D eigenvalue weighted by Gasteiger charge is -2.33. The first-order valence-corrected chi connectivity index (χ1v) is 8.70. The summed E-state index contributed by atoms with van der Waals surface area (Å²) in [6, 6.07) is 5.56. The summed E-state index contributed by atoms with van der Waals surface area (Å²) in [7, 11) is 0. The van der Waals surface area contributed by atoms with Crippen molar-refractivity contribution in [3.8, 4) is 5.75 Å². The van der Waals surface area contributed by atoms with Gasteiger partial charge in [0.1, 0.15) is 5.75 Å². The van der Waals surface area contributed by atoms with E-state index in [1.807, 2.05) is 0 Å². The molecule has 2 rings (SSSR count). The predicted octanol–water partition coefficient (Wildman–Crippen LogP) is 5.90. The second-order valence-corrected chi connectivity index (χ2v) is 6.78. The maximum absolute atomic E-state index is 14.4. The average molecular weight is 392 g/mol. The van der Waals surface area contributed by atoms with Crippen LogP contribution in [-0.2, 0) is 4.79 Å². The third kappa shape index (κ3) is 7.19. The molecule has 8 heteroatoms. The number of benzene rings is 1. The van der Waals surface area contributed by atoms with Crippen molar-refractivity contribution in [1.29, 1.82) is 0 Å². The van der Waals surface area contributed by atoms with Crippen LogP contribution in [0.15, 0.2) is 30.3 Å². The van der Waals surface area contributed by atoms with Crippen molar-refractivity contribution in [1.82, 2.24) is 0 Å². The third-order valence-electron chi connectivity index (χ3n) is 4.71. The van der Waals surface area contributed by atoms with E-state index in [1.54, 1.807) is 0 Å². The molecule has 3 nitrogen and oxygen atoms in total. The van der Waals surface area contributed by atoms with E-state index in [4.69, 9.17) is 9.84 Å². The molecular weight excluding hydrogens is 371 g/mol.